The SMILES string of the molecule is Brc1ccc2[nH]cc(C=C(c3nc4ccccc4s3)c3nc4ccccc4s3)c2c1. The zero-order valence-corrected chi connectivity index (χ0v) is 18.8. The number of nitrogens with one attached hydrogen (secondary N) is 1. The van der Waals surface area contributed by atoms with Crippen LogP contribution in [0.1, 0.15) is 15.6 Å². The molecule has 0 atom stereocenters. The van der Waals surface area contributed by atoms with Gasteiger partial charge in [-0.1, -0.05) is 40.2 Å². The molecule has 0 spiro atoms. The molecule has 6 rings (SSSR count). The number of halogens is 1. The highest BCUT2D eigenvalue weighted by Gasteiger charge is 2.16. The van der Waals surface area contributed by atoms with E-state index in [9.17, 15) is 0 Å². The molecule has 0 amide bonds. The Morgan fingerprint density at radius 3 is 2.10 bits per heavy atom. The van der Waals surface area contributed by atoms with E-state index >= 15 is 0 Å². The second-order valence-corrected chi connectivity index (χ2v) is 9.94. The monoisotopic (exact) mass is 487 g/mol. The first-order valence-corrected chi connectivity index (χ1v) is 11.9. The summed E-state index contributed by atoms with van der Waals surface area (Å²) in [6.45, 7) is 0. The number of nitrogens with zero attached hydrogens (tertiary/aromatic N) is 2. The third-order valence-corrected chi connectivity index (χ3v) is 7.66. The molecule has 0 fully saturated rings. The summed E-state index contributed by atoms with van der Waals surface area (Å²) in [6, 6.07) is 22.8. The standard InChI is InChI=1S/C24H14BrN3S2/c25-15-9-10-18-16(12-15)14(13-26-18)11-17(23-27-19-5-1-3-7-21(19)29-23)24-28-20-6-2-4-8-22(20)30-24/h1-13,26H. The highest BCUT2D eigenvalue weighted by molar-refractivity contribution is 9.10. The molecule has 0 aliphatic heterocycles. The Morgan fingerprint density at radius 2 is 1.47 bits per heavy atom. The van der Waals surface area contributed by atoms with Gasteiger partial charge in [0, 0.05) is 32.7 Å². The lowest BCUT2D eigenvalue weighted by atomic mass is 10.1. The van der Waals surface area contributed by atoms with E-state index in [1.807, 2.05) is 18.2 Å². The maximum absolute atomic E-state index is 4.94. The largest absolute Gasteiger partial charge is 0.361 e. The topological polar surface area (TPSA) is 41.6 Å². The van der Waals surface area contributed by atoms with Crippen LogP contribution in [0.3, 0.4) is 0 Å². The Hall–Kier alpha value is -2.80. The number of aromatic amines is 1. The average Bonchev–Trinajstić information content (AvgIpc) is 3.47. The molecule has 6 aromatic rings. The van der Waals surface area contributed by atoms with Crippen LogP contribution in [0, 0.1) is 0 Å². The molecule has 1 N–H and O–H groups in total. The van der Waals surface area contributed by atoms with Gasteiger partial charge in [0.2, 0.25) is 0 Å². The lowest BCUT2D eigenvalue weighted by Gasteiger charge is -2.01. The van der Waals surface area contributed by atoms with Crippen LogP contribution < -0.4 is 0 Å². The predicted octanol–water partition coefficient (Wildman–Crippen LogP) is 7.74. The number of para-hydroxylation sites is 2. The van der Waals surface area contributed by atoms with Crippen LogP contribution in [0.25, 0.3) is 43.0 Å². The van der Waals surface area contributed by atoms with Gasteiger partial charge in [-0.25, -0.2) is 9.97 Å². The molecule has 0 unspecified atom stereocenters. The first-order valence-electron chi connectivity index (χ1n) is 9.45. The third-order valence-electron chi connectivity index (χ3n) is 5.02. The van der Waals surface area contributed by atoms with Gasteiger partial charge in [0.25, 0.3) is 0 Å². The lowest BCUT2D eigenvalue weighted by molar-refractivity contribution is 1.39. The molecular weight excluding hydrogens is 474 g/mol. The minimum Gasteiger partial charge on any atom is -0.361 e. The van der Waals surface area contributed by atoms with E-state index < -0.39 is 0 Å². The number of H-pyrrole nitrogens is 1. The first kappa shape index (κ1) is 18.0. The Kier molecular flexibility index (Phi) is 4.30. The van der Waals surface area contributed by atoms with Gasteiger partial charge in [-0.05, 0) is 48.5 Å². The summed E-state index contributed by atoms with van der Waals surface area (Å²) in [5, 5.41) is 3.14. The minimum atomic E-state index is 0.986. The minimum absolute atomic E-state index is 0.986. The van der Waals surface area contributed by atoms with E-state index in [0.29, 0.717) is 0 Å². The zero-order chi connectivity index (χ0) is 20.1. The van der Waals surface area contributed by atoms with Gasteiger partial charge < -0.3 is 4.98 Å². The highest BCUT2D eigenvalue weighted by Crippen LogP contribution is 2.37. The summed E-state index contributed by atoms with van der Waals surface area (Å²) in [7, 11) is 0. The van der Waals surface area contributed by atoms with E-state index in [-0.39, 0.29) is 0 Å². The van der Waals surface area contributed by atoms with Crippen LogP contribution in [0.15, 0.2) is 77.4 Å². The van der Waals surface area contributed by atoms with Crippen molar-refractivity contribution in [3.63, 3.8) is 0 Å². The fourth-order valence-corrected chi connectivity index (χ4v) is 5.97. The van der Waals surface area contributed by atoms with Crippen molar-refractivity contribution < 1.29 is 0 Å². The molecule has 0 radical (unpaired) electrons. The van der Waals surface area contributed by atoms with E-state index in [1.54, 1.807) is 22.7 Å². The third kappa shape index (κ3) is 3.08. The number of fused-ring (bicyclic) bond motifs is 3. The van der Waals surface area contributed by atoms with Crippen molar-refractivity contribution in [2.24, 2.45) is 0 Å². The molecule has 3 aromatic carbocycles. The number of hydrogen-bond donors (Lipinski definition) is 1. The van der Waals surface area contributed by atoms with Crippen LogP contribution in [0.4, 0.5) is 0 Å². The lowest BCUT2D eigenvalue weighted by Crippen LogP contribution is -1.86. The molecule has 0 saturated heterocycles. The Balaban J connectivity index is 1.61. The maximum atomic E-state index is 4.94. The number of benzene rings is 3. The fraction of sp³-hybridized carbons (Fsp3) is 0. The maximum Gasteiger partial charge on any atom is 0.127 e. The van der Waals surface area contributed by atoms with Gasteiger partial charge in [0.05, 0.1) is 20.4 Å². The van der Waals surface area contributed by atoms with Gasteiger partial charge in [-0.15, -0.1) is 22.7 Å². The molecule has 0 bridgehead atoms. The molecule has 3 aromatic heterocycles. The first-order chi connectivity index (χ1) is 14.7. The number of thiazole rings is 2. The molecule has 0 saturated carbocycles. The summed E-state index contributed by atoms with van der Waals surface area (Å²) in [5.74, 6) is 0. The van der Waals surface area contributed by atoms with Gasteiger partial charge >= 0.3 is 0 Å². The van der Waals surface area contributed by atoms with Crippen molar-refractivity contribution in [3.8, 4) is 0 Å². The van der Waals surface area contributed by atoms with Crippen molar-refractivity contribution in [1.82, 2.24) is 15.0 Å². The van der Waals surface area contributed by atoms with Crippen molar-refractivity contribution in [2.45, 2.75) is 0 Å². The average molecular weight is 488 g/mol. The molecular formula is C24H14BrN3S2. The molecule has 3 nitrogen and oxygen atoms in total. The summed E-state index contributed by atoms with van der Waals surface area (Å²) < 4.78 is 3.42. The van der Waals surface area contributed by atoms with Gasteiger partial charge in [0.1, 0.15) is 10.0 Å². The summed E-state index contributed by atoms with van der Waals surface area (Å²) in [6.07, 6.45) is 4.26. The van der Waals surface area contributed by atoms with Crippen LogP contribution >= 0.6 is 38.6 Å². The number of hydrogen-bond acceptors (Lipinski definition) is 4. The van der Waals surface area contributed by atoms with Crippen LogP contribution in [0.2, 0.25) is 0 Å². The van der Waals surface area contributed by atoms with Crippen molar-refractivity contribution in [1.29, 1.82) is 0 Å². The van der Waals surface area contributed by atoms with Gasteiger partial charge in [-0.3, -0.25) is 0 Å². The number of rotatable bonds is 3. The highest BCUT2D eigenvalue weighted by atomic mass is 79.9. The van der Waals surface area contributed by atoms with E-state index in [4.69, 9.17) is 9.97 Å². The van der Waals surface area contributed by atoms with Crippen LogP contribution in [0.5, 0.6) is 0 Å². The van der Waals surface area contributed by atoms with Crippen molar-refractivity contribution in [3.05, 3.63) is 93.0 Å². The summed E-state index contributed by atoms with van der Waals surface area (Å²) >= 11 is 7.02. The quantitative estimate of drug-likeness (QED) is 0.277. The fourth-order valence-electron chi connectivity index (χ4n) is 3.58. The molecule has 6 heteroatoms. The number of aromatic nitrogens is 3. The Labute approximate surface area is 188 Å². The van der Waals surface area contributed by atoms with Crippen molar-refractivity contribution >= 4 is 81.6 Å². The Morgan fingerprint density at radius 1 is 0.833 bits per heavy atom. The van der Waals surface area contributed by atoms with E-state index in [2.05, 4.69) is 81.7 Å². The summed E-state index contributed by atoms with van der Waals surface area (Å²) in [4.78, 5) is 13.2. The molecule has 0 aliphatic carbocycles. The Bertz CT molecular complexity index is 1430. The van der Waals surface area contributed by atoms with Crippen LogP contribution in [-0.2, 0) is 0 Å². The van der Waals surface area contributed by atoms with Gasteiger partial charge in [0.15, 0.2) is 0 Å². The van der Waals surface area contributed by atoms with Crippen LogP contribution in [-0.4, -0.2) is 15.0 Å². The predicted molar refractivity (Wildman–Crippen MR) is 132 cm³/mol. The zero-order valence-electron chi connectivity index (χ0n) is 15.6. The summed E-state index contributed by atoms with van der Waals surface area (Å²) in [5.41, 5.74) is 5.33. The molecule has 3 heterocycles. The normalized spacial score (nSPS) is 11.5. The molecule has 30 heavy (non-hydrogen) atoms. The van der Waals surface area contributed by atoms with Gasteiger partial charge in [-0.2, -0.15) is 0 Å². The molecule has 0 aliphatic rings. The second-order valence-electron chi connectivity index (χ2n) is 6.97. The molecule has 144 valence electrons. The van der Waals surface area contributed by atoms with Crippen molar-refractivity contribution in [2.75, 3.05) is 0 Å². The second kappa shape index (κ2) is 7.16. The van der Waals surface area contributed by atoms with E-state index in [0.717, 1.165) is 42.2 Å². The van der Waals surface area contributed by atoms with E-state index in [1.165, 1.54) is 14.8 Å². The smallest absolute Gasteiger partial charge is 0.127 e.